The predicted molar refractivity (Wildman–Crippen MR) is 112 cm³/mol. The van der Waals surface area contributed by atoms with E-state index in [4.69, 9.17) is 14.2 Å². The van der Waals surface area contributed by atoms with Gasteiger partial charge < -0.3 is 19.5 Å². The van der Waals surface area contributed by atoms with Crippen LogP contribution < -0.4 is 14.8 Å². The molecular formula is C24H25NO4. The van der Waals surface area contributed by atoms with E-state index in [-0.39, 0.29) is 5.91 Å². The van der Waals surface area contributed by atoms with E-state index in [1.54, 1.807) is 25.3 Å². The molecule has 0 aliphatic rings. The molecule has 3 aromatic rings. The quantitative estimate of drug-likeness (QED) is 0.589. The third-order valence-electron chi connectivity index (χ3n) is 4.58. The molecule has 1 N–H and O–H groups in total. The van der Waals surface area contributed by atoms with Crippen molar-refractivity contribution >= 4 is 5.91 Å². The first-order valence-electron chi connectivity index (χ1n) is 9.40. The molecule has 3 rings (SSSR count). The van der Waals surface area contributed by atoms with Gasteiger partial charge in [0.05, 0.1) is 33.0 Å². The van der Waals surface area contributed by atoms with Gasteiger partial charge in [0, 0.05) is 6.54 Å². The minimum absolute atomic E-state index is 0.222. The molecule has 0 aromatic heterocycles. The van der Waals surface area contributed by atoms with E-state index >= 15 is 0 Å². The zero-order chi connectivity index (χ0) is 20.5. The molecule has 0 fully saturated rings. The number of hydrogen-bond donors (Lipinski definition) is 1. The summed E-state index contributed by atoms with van der Waals surface area (Å²) < 4.78 is 16.4. The van der Waals surface area contributed by atoms with Crippen molar-refractivity contribution in [3.63, 3.8) is 0 Å². The first-order chi connectivity index (χ1) is 14.2. The lowest BCUT2D eigenvalue weighted by Gasteiger charge is -2.13. The summed E-state index contributed by atoms with van der Waals surface area (Å²) >= 11 is 0. The van der Waals surface area contributed by atoms with Crippen LogP contribution in [0.1, 0.15) is 27.0 Å². The van der Waals surface area contributed by atoms with E-state index in [0.717, 1.165) is 16.7 Å². The monoisotopic (exact) mass is 391 g/mol. The van der Waals surface area contributed by atoms with E-state index in [1.165, 1.54) is 7.11 Å². The van der Waals surface area contributed by atoms with Crippen molar-refractivity contribution in [3.8, 4) is 11.5 Å². The molecule has 0 atom stereocenters. The third-order valence-corrected chi connectivity index (χ3v) is 4.58. The van der Waals surface area contributed by atoms with Gasteiger partial charge in [-0.2, -0.15) is 0 Å². The molecule has 0 aliphatic heterocycles. The van der Waals surface area contributed by atoms with Gasteiger partial charge in [0.2, 0.25) is 0 Å². The number of benzene rings is 3. The van der Waals surface area contributed by atoms with Gasteiger partial charge in [-0.05, 0) is 34.9 Å². The molecule has 0 bridgehead atoms. The Morgan fingerprint density at radius 3 is 2.28 bits per heavy atom. The van der Waals surface area contributed by atoms with Crippen LogP contribution in [-0.2, 0) is 24.5 Å². The number of methoxy groups -OCH3 is 2. The second-order valence-corrected chi connectivity index (χ2v) is 6.50. The Bertz CT molecular complexity index is 941. The number of ether oxygens (including phenoxy) is 3. The Hall–Kier alpha value is -3.31. The lowest BCUT2D eigenvalue weighted by Crippen LogP contribution is -2.24. The van der Waals surface area contributed by atoms with Crippen molar-refractivity contribution in [1.29, 1.82) is 0 Å². The smallest absolute Gasteiger partial charge is 0.255 e. The minimum atomic E-state index is -0.222. The Morgan fingerprint density at radius 2 is 1.55 bits per heavy atom. The van der Waals surface area contributed by atoms with E-state index in [2.05, 4.69) is 5.32 Å². The molecule has 0 radical (unpaired) electrons. The Kier molecular flexibility index (Phi) is 7.25. The molecule has 0 unspecified atom stereocenters. The first kappa shape index (κ1) is 20.4. The fourth-order valence-electron chi connectivity index (χ4n) is 2.99. The van der Waals surface area contributed by atoms with Crippen molar-refractivity contribution in [2.75, 3.05) is 14.2 Å². The Balaban J connectivity index is 1.63. The van der Waals surface area contributed by atoms with Crippen molar-refractivity contribution in [2.24, 2.45) is 0 Å². The van der Waals surface area contributed by atoms with Crippen LogP contribution in [0.4, 0.5) is 0 Å². The van der Waals surface area contributed by atoms with Gasteiger partial charge >= 0.3 is 0 Å². The maximum absolute atomic E-state index is 12.7. The molecule has 5 heteroatoms. The minimum Gasteiger partial charge on any atom is -0.497 e. The number of nitrogens with one attached hydrogen (secondary N) is 1. The highest BCUT2D eigenvalue weighted by molar-refractivity contribution is 5.97. The van der Waals surface area contributed by atoms with Crippen LogP contribution in [0.5, 0.6) is 11.5 Å². The summed E-state index contributed by atoms with van der Waals surface area (Å²) in [5, 5.41) is 2.96. The average molecular weight is 391 g/mol. The summed E-state index contributed by atoms with van der Waals surface area (Å²) in [4.78, 5) is 12.7. The van der Waals surface area contributed by atoms with Crippen molar-refractivity contribution in [3.05, 3.63) is 95.1 Å². The zero-order valence-corrected chi connectivity index (χ0v) is 16.7. The highest BCUT2D eigenvalue weighted by Crippen LogP contribution is 2.24. The molecule has 0 saturated heterocycles. The fraction of sp³-hybridized carbons (Fsp3) is 0.208. The topological polar surface area (TPSA) is 56.8 Å². The average Bonchev–Trinajstić information content (AvgIpc) is 2.78. The summed E-state index contributed by atoms with van der Waals surface area (Å²) in [5.41, 5.74) is 3.62. The van der Waals surface area contributed by atoms with Crippen LogP contribution >= 0.6 is 0 Å². The van der Waals surface area contributed by atoms with Crippen LogP contribution in [0.25, 0.3) is 0 Å². The molecule has 0 aliphatic carbocycles. The predicted octanol–water partition coefficient (Wildman–Crippen LogP) is 4.35. The van der Waals surface area contributed by atoms with E-state index < -0.39 is 0 Å². The lowest BCUT2D eigenvalue weighted by atomic mass is 10.1. The normalized spacial score (nSPS) is 10.4. The van der Waals surface area contributed by atoms with Crippen molar-refractivity contribution in [1.82, 2.24) is 5.32 Å². The molecular weight excluding hydrogens is 366 g/mol. The van der Waals surface area contributed by atoms with Crippen molar-refractivity contribution < 1.29 is 19.0 Å². The maximum Gasteiger partial charge on any atom is 0.255 e. The van der Waals surface area contributed by atoms with Gasteiger partial charge in [0.15, 0.2) is 0 Å². The van der Waals surface area contributed by atoms with Crippen LogP contribution in [0.3, 0.4) is 0 Å². The Labute approximate surface area is 171 Å². The fourth-order valence-corrected chi connectivity index (χ4v) is 2.99. The summed E-state index contributed by atoms with van der Waals surface area (Å²) in [6.45, 7) is 1.41. The Morgan fingerprint density at radius 1 is 0.828 bits per heavy atom. The standard InChI is InChI=1S/C24H25NO4/c1-27-21-12-13-23(28-2)22(14-21)24(26)25-15-19-10-6-7-11-20(19)17-29-16-18-8-4-3-5-9-18/h3-14H,15-17H2,1-2H3,(H,25,26). The molecule has 1 amide bonds. The highest BCUT2D eigenvalue weighted by atomic mass is 16.5. The number of rotatable bonds is 9. The molecule has 5 nitrogen and oxygen atoms in total. The van der Waals surface area contributed by atoms with E-state index in [9.17, 15) is 4.79 Å². The maximum atomic E-state index is 12.7. The zero-order valence-electron chi connectivity index (χ0n) is 16.7. The summed E-state index contributed by atoms with van der Waals surface area (Å²) in [6.07, 6.45) is 0. The van der Waals surface area contributed by atoms with Crippen LogP contribution in [0, 0.1) is 0 Å². The summed E-state index contributed by atoms with van der Waals surface area (Å²) in [6, 6.07) is 23.1. The largest absolute Gasteiger partial charge is 0.497 e. The molecule has 0 spiro atoms. The van der Waals surface area contributed by atoms with E-state index in [0.29, 0.717) is 36.8 Å². The van der Waals surface area contributed by atoms with Gasteiger partial charge in [-0.1, -0.05) is 54.6 Å². The van der Waals surface area contributed by atoms with Crippen LogP contribution in [0.15, 0.2) is 72.8 Å². The van der Waals surface area contributed by atoms with Gasteiger partial charge in [0.25, 0.3) is 5.91 Å². The molecule has 150 valence electrons. The third kappa shape index (κ3) is 5.59. The summed E-state index contributed by atoms with van der Waals surface area (Å²) in [7, 11) is 3.10. The lowest BCUT2D eigenvalue weighted by molar-refractivity contribution is 0.0944. The second-order valence-electron chi connectivity index (χ2n) is 6.50. The molecule has 0 saturated carbocycles. The molecule has 29 heavy (non-hydrogen) atoms. The van der Waals surface area contributed by atoms with Gasteiger partial charge in [-0.3, -0.25) is 4.79 Å². The number of carbonyl (C=O) groups excluding carboxylic acids is 1. The SMILES string of the molecule is COc1ccc(OC)c(C(=O)NCc2ccccc2COCc2ccccc2)c1. The number of carbonyl (C=O) groups is 1. The second kappa shape index (κ2) is 10.3. The van der Waals surface area contributed by atoms with E-state index in [1.807, 2.05) is 54.6 Å². The first-order valence-corrected chi connectivity index (χ1v) is 9.40. The van der Waals surface area contributed by atoms with Crippen LogP contribution in [0.2, 0.25) is 0 Å². The molecule has 0 heterocycles. The van der Waals surface area contributed by atoms with Gasteiger partial charge in [-0.15, -0.1) is 0 Å². The van der Waals surface area contributed by atoms with Crippen molar-refractivity contribution in [2.45, 2.75) is 19.8 Å². The van der Waals surface area contributed by atoms with Crippen LogP contribution in [-0.4, -0.2) is 20.1 Å². The molecule has 3 aromatic carbocycles. The van der Waals surface area contributed by atoms with Gasteiger partial charge in [0.1, 0.15) is 11.5 Å². The van der Waals surface area contributed by atoms with Gasteiger partial charge in [-0.25, -0.2) is 0 Å². The number of hydrogen-bond acceptors (Lipinski definition) is 4. The number of amides is 1. The highest BCUT2D eigenvalue weighted by Gasteiger charge is 2.14. The summed E-state index contributed by atoms with van der Waals surface area (Å²) in [5.74, 6) is 0.884.